The van der Waals surface area contributed by atoms with E-state index in [0.717, 1.165) is 28.6 Å². The van der Waals surface area contributed by atoms with Gasteiger partial charge < -0.3 is 19.8 Å². The Morgan fingerprint density at radius 3 is 2.90 bits per heavy atom. The summed E-state index contributed by atoms with van der Waals surface area (Å²) >= 11 is 0. The van der Waals surface area contributed by atoms with E-state index in [4.69, 9.17) is 15.2 Å². The van der Waals surface area contributed by atoms with Gasteiger partial charge in [0.05, 0.1) is 18.3 Å². The molecule has 1 aromatic heterocycles. The van der Waals surface area contributed by atoms with Gasteiger partial charge in [0, 0.05) is 18.2 Å². The fraction of sp³-hybridized carbons (Fsp3) is 0.400. The summed E-state index contributed by atoms with van der Waals surface area (Å²) in [5.74, 6) is 2.21. The van der Waals surface area contributed by atoms with Crippen LogP contribution in [0.3, 0.4) is 0 Å². The number of hydrogen-bond acceptors (Lipinski definition) is 4. The first-order chi connectivity index (χ1) is 10.2. The first-order valence-electron chi connectivity index (χ1n) is 7.07. The van der Waals surface area contributed by atoms with Gasteiger partial charge in [-0.1, -0.05) is 0 Å². The molecule has 0 aliphatic carbocycles. The molecule has 0 amide bonds. The summed E-state index contributed by atoms with van der Waals surface area (Å²) in [4.78, 5) is 4.56. The number of aromatic nitrogens is 2. The lowest BCUT2D eigenvalue weighted by atomic mass is 10.1. The van der Waals surface area contributed by atoms with Crippen molar-refractivity contribution in [1.82, 2.24) is 9.55 Å². The molecule has 3 heterocycles. The summed E-state index contributed by atoms with van der Waals surface area (Å²) in [5.41, 5.74) is 7.67. The predicted molar refractivity (Wildman–Crippen MR) is 75.1 cm³/mol. The lowest BCUT2D eigenvalue weighted by molar-refractivity contribution is 0.171. The van der Waals surface area contributed by atoms with Crippen LogP contribution in [-0.2, 0) is 6.54 Å². The van der Waals surface area contributed by atoms with Crippen molar-refractivity contribution in [3.8, 4) is 22.8 Å². The highest BCUT2D eigenvalue weighted by atomic mass is 19.1. The molecule has 0 saturated carbocycles. The van der Waals surface area contributed by atoms with Gasteiger partial charge in [-0.25, -0.2) is 9.37 Å². The molecule has 2 aliphatic rings. The number of imidazole rings is 1. The Kier molecular flexibility index (Phi) is 2.85. The predicted octanol–water partition coefficient (Wildman–Crippen LogP) is 2.06. The Bertz CT molecular complexity index is 686. The molecule has 0 saturated heterocycles. The summed E-state index contributed by atoms with van der Waals surface area (Å²) in [6.07, 6.45) is 1.28. The number of benzene rings is 1. The van der Waals surface area contributed by atoms with Crippen LogP contribution in [0.2, 0.25) is 0 Å². The number of alkyl halides is 1. The van der Waals surface area contributed by atoms with E-state index in [1.54, 1.807) is 0 Å². The van der Waals surface area contributed by atoms with Crippen molar-refractivity contribution in [1.29, 1.82) is 0 Å². The summed E-state index contributed by atoms with van der Waals surface area (Å²) in [7, 11) is 0. The molecule has 2 aromatic rings. The highest BCUT2D eigenvalue weighted by molar-refractivity contribution is 5.64. The van der Waals surface area contributed by atoms with Crippen molar-refractivity contribution in [2.75, 3.05) is 13.2 Å². The fourth-order valence-corrected chi connectivity index (χ4v) is 2.88. The monoisotopic (exact) mass is 289 g/mol. The Hall–Kier alpha value is -2.08. The van der Waals surface area contributed by atoms with Crippen molar-refractivity contribution in [2.24, 2.45) is 5.73 Å². The van der Waals surface area contributed by atoms with E-state index in [-0.39, 0.29) is 6.04 Å². The number of fused-ring (bicyclic) bond motifs is 2. The van der Waals surface area contributed by atoms with Crippen molar-refractivity contribution in [3.63, 3.8) is 0 Å². The molecule has 4 rings (SSSR count). The summed E-state index contributed by atoms with van der Waals surface area (Å²) in [6, 6.07) is 5.36. The number of nitrogens with zero attached hydrogens (tertiary/aromatic N) is 2. The number of hydrogen-bond donors (Lipinski definition) is 1. The zero-order valence-electron chi connectivity index (χ0n) is 11.5. The van der Waals surface area contributed by atoms with E-state index in [1.165, 1.54) is 0 Å². The molecule has 2 atom stereocenters. The first kappa shape index (κ1) is 12.6. The third kappa shape index (κ3) is 2.15. The van der Waals surface area contributed by atoms with Gasteiger partial charge >= 0.3 is 0 Å². The maximum atomic E-state index is 13.6. The number of ether oxygens (including phenoxy) is 2. The standard InChI is InChI=1S/C15H16FN3O2/c16-10-6-11(17)15-18-12(8-19(15)7-10)9-1-2-13-14(5-9)21-4-3-20-13/h1-2,5,8,10-11H,3-4,6-7,17H2. The lowest BCUT2D eigenvalue weighted by Gasteiger charge is -2.22. The Labute approximate surface area is 121 Å². The van der Waals surface area contributed by atoms with E-state index < -0.39 is 6.17 Å². The molecule has 0 spiro atoms. The Balaban J connectivity index is 1.72. The average Bonchev–Trinajstić information content (AvgIpc) is 2.91. The highest BCUT2D eigenvalue weighted by Gasteiger charge is 2.26. The maximum Gasteiger partial charge on any atom is 0.162 e. The highest BCUT2D eigenvalue weighted by Crippen LogP contribution is 2.35. The van der Waals surface area contributed by atoms with Crippen LogP contribution >= 0.6 is 0 Å². The smallest absolute Gasteiger partial charge is 0.162 e. The molecule has 2 aliphatic heterocycles. The van der Waals surface area contributed by atoms with Crippen molar-refractivity contribution in [3.05, 3.63) is 30.2 Å². The molecule has 0 fully saturated rings. The maximum absolute atomic E-state index is 13.6. The fourth-order valence-electron chi connectivity index (χ4n) is 2.88. The summed E-state index contributed by atoms with van der Waals surface area (Å²) in [5, 5.41) is 0. The quantitative estimate of drug-likeness (QED) is 0.873. The molecule has 5 nitrogen and oxygen atoms in total. The zero-order chi connectivity index (χ0) is 14.4. The molecular weight excluding hydrogens is 273 g/mol. The van der Waals surface area contributed by atoms with Gasteiger partial charge in [0.25, 0.3) is 0 Å². The molecule has 2 unspecified atom stereocenters. The van der Waals surface area contributed by atoms with E-state index in [2.05, 4.69) is 4.98 Å². The number of nitrogens with two attached hydrogens (primary N) is 1. The molecule has 2 N–H and O–H groups in total. The van der Waals surface area contributed by atoms with E-state index >= 15 is 0 Å². The van der Waals surface area contributed by atoms with Gasteiger partial charge in [0.15, 0.2) is 11.5 Å². The molecule has 0 bridgehead atoms. The summed E-state index contributed by atoms with van der Waals surface area (Å²) < 4.78 is 26.5. The van der Waals surface area contributed by atoms with Gasteiger partial charge in [-0.15, -0.1) is 0 Å². The van der Waals surface area contributed by atoms with Gasteiger partial charge in [-0.3, -0.25) is 0 Å². The van der Waals surface area contributed by atoms with Crippen LogP contribution in [0.5, 0.6) is 11.5 Å². The molecule has 21 heavy (non-hydrogen) atoms. The van der Waals surface area contributed by atoms with Crippen LogP contribution in [0.4, 0.5) is 4.39 Å². The van der Waals surface area contributed by atoms with Gasteiger partial charge in [0.2, 0.25) is 0 Å². The molecular formula is C15H16FN3O2. The second kappa shape index (κ2) is 4.73. The first-order valence-corrected chi connectivity index (χ1v) is 7.07. The third-order valence-corrected chi connectivity index (χ3v) is 3.88. The molecule has 1 aromatic carbocycles. The second-order valence-electron chi connectivity index (χ2n) is 5.43. The minimum atomic E-state index is -0.908. The van der Waals surface area contributed by atoms with Crippen molar-refractivity contribution >= 4 is 0 Å². The van der Waals surface area contributed by atoms with Gasteiger partial charge in [-0.2, -0.15) is 0 Å². The average molecular weight is 289 g/mol. The van der Waals surface area contributed by atoms with Crippen LogP contribution in [-0.4, -0.2) is 28.9 Å². The minimum Gasteiger partial charge on any atom is -0.486 e. The topological polar surface area (TPSA) is 62.3 Å². The van der Waals surface area contributed by atoms with Crippen LogP contribution in [0.25, 0.3) is 11.3 Å². The normalized spacial score (nSPS) is 23.7. The minimum absolute atomic E-state index is 0.320. The van der Waals surface area contributed by atoms with E-state index in [9.17, 15) is 4.39 Å². The molecule has 110 valence electrons. The van der Waals surface area contributed by atoms with E-state index in [0.29, 0.717) is 26.2 Å². The SMILES string of the molecule is NC1CC(F)Cn2cc(-c3ccc4c(c3)OCCO4)nc21. The van der Waals surface area contributed by atoms with Crippen molar-refractivity contribution in [2.45, 2.75) is 25.2 Å². The van der Waals surface area contributed by atoms with E-state index in [1.807, 2.05) is 29.0 Å². The van der Waals surface area contributed by atoms with Crippen LogP contribution < -0.4 is 15.2 Å². The van der Waals surface area contributed by atoms with Crippen LogP contribution in [0.1, 0.15) is 18.3 Å². The van der Waals surface area contributed by atoms with Gasteiger partial charge in [0.1, 0.15) is 25.2 Å². The van der Waals surface area contributed by atoms with Crippen molar-refractivity contribution < 1.29 is 13.9 Å². The third-order valence-electron chi connectivity index (χ3n) is 3.88. The molecule has 0 radical (unpaired) electrons. The lowest BCUT2D eigenvalue weighted by Crippen LogP contribution is -2.29. The van der Waals surface area contributed by atoms with Crippen LogP contribution in [0.15, 0.2) is 24.4 Å². The molecule has 6 heteroatoms. The van der Waals surface area contributed by atoms with Gasteiger partial charge in [-0.05, 0) is 18.2 Å². The Morgan fingerprint density at radius 1 is 1.24 bits per heavy atom. The Morgan fingerprint density at radius 2 is 2.05 bits per heavy atom. The largest absolute Gasteiger partial charge is 0.486 e. The second-order valence-corrected chi connectivity index (χ2v) is 5.43. The summed E-state index contributed by atoms with van der Waals surface area (Å²) in [6.45, 7) is 1.43. The number of halogens is 1. The zero-order valence-corrected chi connectivity index (χ0v) is 11.5. The number of rotatable bonds is 1. The van der Waals surface area contributed by atoms with Crippen LogP contribution in [0, 0.1) is 0 Å².